The van der Waals surface area contributed by atoms with Crippen molar-refractivity contribution in [3.8, 4) is 5.75 Å². The first-order valence-electron chi connectivity index (χ1n) is 6.25. The number of amides is 2. The highest BCUT2D eigenvalue weighted by Gasteiger charge is 2.34. The van der Waals surface area contributed by atoms with Gasteiger partial charge in [0.1, 0.15) is 5.75 Å². The van der Waals surface area contributed by atoms with Crippen molar-refractivity contribution in [3.63, 3.8) is 0 Å². The summed E-state index contributed by atoms with van der Waals surface area (Å²) >= 11 is 0. The van der Waals surface area contributed by atoms with Crippen molar-refractivity contribution >= 4 is 17.5 Å². The summed E-state index contributed by atoms with van der Waals surface area (Å²) in [6.45, 7) is 3.97. The van der Waals surface area contributed by atoms with Gasteiger partial charge >= 0.3 is 0 Å². The molecule has 0 radical (unpaired) electrons. The quantitative estimate of drug-likeness (QED) is 0.619. The summed E-state index contributed by atoms with van der Waals surface area (Å²) in [4.78, 5) is 25.4. The zero-order valence-electron chi connectivity index (χ0n) is 11.3. The molecule has 4 nitrogen and oxygen atoms in total. The minimum absolute atomic E-state index is 0.179. The molecule has 2 amide bonds. The number of methoxy groups -OCH3 is 1. The lowest BCUT2D eigenvalue weighted by atomic mass is 10.1. The number of hydrogen-bond donors (Lipinski definition) is 0. The van der Waals surface area contributed by atoms with Gasteiger partial charge in [-0.05, 0) is 30.2 Å². The lowest BCUT2D eigenvalue weighted by Crippen LogP contribution is -2.28. The summed E-state index contributed by atoms with van der Waals surface area (Å²) in [5.41, 5.74) is 1.17. The fraction of sp³-hybridized carbons (Fsp3) is 0.333. The molecule has 0 N–H and O–H groups in total. The molecule has 4 heteroatoms. The Kier molecular flexibility index (Phi) is 3.69. The van der Waals surface area contributed by atoms with Crippen LogP contribution in [0.15, 0.2) is 35.9 Å². The van der Waals surface area contributed by atoms with Crippen LogP contribution in [0.25, 0.3) is 0 Å². The molecule has 0 saturated carbocycles. The molecule has 1 aromatic carbocycles. The summed E-state index contributed by atoms with van der Waals surface area (Å²) in [6, 6.07) is 6.90. The Labute approximate surface area is 112 Å². The van der Waals surface area contributed by atoms with Crippen LogP contribution in [0.2, 0.25) is 0 Å². The van der Waals surface area contributed by atoms with Crippen molar-refractivity contribution in [2.24, 2.45) is 5.92 Å². The average molecular weight is 259 g/mol. The molecule has 0 atom stereocenters. The van der Waals surface area contributed by atoms with Crippen molar-refractivity contribution in [3.05, 3.63) is 35.9 Å². The number of ether oxygens (including phenoxy) is 1. The van der Waals surface area contributed by atoms with Crippen molar-refractivity contribution in [1.82, 2.24) is 0 Å². The molecule has 1 fully saturated rings. The molecule has 1 aliphatic rings. The van der Waals surface area contributed by atoms with Crippen LogP contribution in [0.3, 0.4) is 0 Å². The Morgan fingerprint density at radius 3 is 2.37 bits per heavy atom. The van der Waals surface area contributed by atoms with Crippen molar-refractivity contribution in [1.29, 1.82) is 0 Å². The molecular formula is C15H17NO3. The van der Waals surface area contributed by atoms with Gasteiger partial charge in [0.05, 0.1) is 19.2 Å². The number of allylic oxidation sites excluding steroid dienone is 1. The number of hydrogen-bond acceptors (Lipinski definition) is 3. The first-order valence-corrected chi connectivity index (χ1v) is 6.25. The maximum Gasteiger partial charge on any atom is 0.261 e. The lowest BCUT2D eigenvalue weighted by Gasteiger charge is -2.13. The summed E-state index contributed by atoms with van der Waals surface area (Å²) in [7, 11) is 1.57. The minimum atomic E-state index is -0.219. The van der Waals surface area contributed by atoms with E-state index in [1.54, 1.807) is 31.4 Å². The second kappa shape index (κ2) is 5.26. The fourth-order valence-corrected chi connectivity index (χ4v) is 2.10. The SMILES string of the molecule is COc1ccc(N2C(=O)CC(=CC(C)C)C2=O)cc1. The average Bonchev–Trinajstić information content (AvgIpc) is 2.64. The molecule has 2 rings (SSSR count). The summed E-state index contributed by atoms with van der Waals surface area (Å²) < 4.78 is 5.06. The number of rotatable bonds is 3. The van der Waals surface area contributed by atoms with Gasteiger partial charge in [-0.25, -0.2) is 4.90 Å². The van der Waals surface area contributed by atoms with Crippen LogP contribution in [0.4, 0.5) is 5.69 Å². The highest BCUT2D eigenvalue weighted by Crippen LogP contribution is 2.28. The summed E-state index contributed by atoms with van der Waals surface area (Å²) in [6.07, 6.45) is 2.03. The van der Waals surface area contributed by atoms with Gasteiger partial charge in [-0.15, -0.1) is 0 Å². The Hall–Kier alpha value is -2.10. The first kappa shape index (κ1) is 13.3. The van der Waals surface area contributed by atoms with E-state index in [2.05, 4.69) is 0 Å². The molecule has 0 bridgehead atoms. The predicted molar refractivity (Wildman–Crippen MR) is 73.0 cm³/mol. The van der Waals surface area contributed by atoms with E-state index in [-0.39, 0.29) is 24.2 Å². The standard InChI is InChI=1S/C15H17NO3/c1-10(2)8-11-9-14(17)16(15(11)18)12-4-6-13(19-3)7-5-12/h4-8,10H,9H2,1-3H3. The van der Waals surface area contributed by atoms with Gasteiger partial charge in [-0.3, -0.25) is 9.59 Å². The van der Waals surface area contributed by atoms with Gasteiger partial charge in [-0.2, -0.15) is 0 Å². The van der Waals surface area contributed by atoms with Crippen LogP contribution in [0, 0.1) is 5.92 Å². The number of benzene rings is 1. The van der Waals surface area contributed by atoms with Crippen LogP contribution in [-0.2, 0) is 9.59 Å². The highest BCUT2D eigenvalue weighted by molar-refractivity contribution is 6.28. The van der Waals surface area contributed by atoms with Crippen LogP contribution in [0.1, 0.15) is 20.3 Å². The molecule has 1 heterocycles. The summed E-state index contributed by atoms with van der Waals surface area (Å²) in [5.74, 6) is 0.550. The van der Waals surface area contributed by atoms with Crippen LogP contribution in [-0.4, -0.2) is 18.9 Å². The van der Waals surface area contributed by atoms with Gasteiger partial charge in [0.2, 0.25) is 5.91 Å². The molecule has 1 saturated heterocycles. The normalized spacial score (nSPS) is 17.7. The van der Waals surface area contributed by atoms with E-state index in [1.165, 1.54) is 4.90 Å². The molecule has 0 unspecified atom stereocenters. The Morgan fingerprint density at radius 1 is 1.21 bits per heavy atom. The Balaban J connectivity index is 2.29. The monoisotopic (exact) mass is 259 g/mol. The third-order valence-corrected chi connectivity index (χ3v) is 2.93. The third kappa shape index (κ3) is 2.67. The zero-order chi connectivity index (χ0) is 14.0. The molecule has 1 aromatic rings. The van der Waals surface area contributed by atoms with E-state index in [1.807, 2.05) is 19.9 Å². The predicted octanol–water partition coefficient (Wildman–Crippen LogP) is 2.54. The van der Waals surface area contributed by atoms with E-state index >= 15 is 0 Å². The van der Waals surface area contributed by atoms with E-state index in [9.17, 15) is 9.59 Å². The van der Waals surface area contributed by atoms with Gasteiger partial charge in [-0.1, -0.05) is 19.9 Å². The first-order chi connectivity index (χ1) is 9.02. The number of carbonyl (C=O) groups excluding carboxylic acids is 2. The smallest absolute Gasteiger partial charge is 0.261 e. The lowest BCUT2D eigenvalue weighted by molar-refractivity contribution is -0.120. The topological polar surface area (TPSA) is 46.6 Å². The number of nitrogens with zero attached hydrogens (tertiary/aromatic N) is 1. The second-order valence-electron chi connectivity index (χ2n) is 4.85. The largest absolute Gasteiger partial charge is 0.497 e. The second-order valence-corrected chi connectivity index (χ2v) is 4.85. The third-order valence-electron chi connectivity index (χ3n) is 2.93. The highest BCUT2D eigenvalue weighted by atomic mass is 16.5. The van der Waals surface area contributed by atoms with Crippen LogP contribution in [0.5, 0.6) is 5.75 Å². The van der Waals surface area contributed by atoms with E-state index < -0.39 is 0 Å². The van der Waals surface area contributed by atoms with Gasteiger partial charge in [0.25, 0.3) is 5.91 Å². The fourth-order valence-electron chi connectivity index (χ4n) is 2.10. The minimum Gasteiger partial charge on any atom is -0.497 e. The van der Waals surface area contributed by atoms with E-state index in [4.69, 9.17) is 4.74 Å². The van der Waals surface area contributed by atoms with Gasteiger partial charge in [0, 0.05) is 5.57 Å². The molecule has 1 aliphatic heterocycles. The Morgan fingerprint density at radius 2 is 1.84 bits per heavy atom. The van der Waals surface area contributed by atoms with Crippen LogP contribution >= 0.6 is 0 Å². The maximum atomic E-state index is 12.2. The zero-order valence-corrected chi connectivity index (χ0v) is 11.3. The summed E-state index contributed by atoms with van der Waals surface area (Å²) in [5, 5.41) is 0. The van der Waals surface area contributed by atoms with Crippen molar-refractivity contribution < 1.29 is 14.3 Å². The number of anilines is 1. The molecule has 0 aliphatic carbocycles. The van der Waals surface area contributed by atoms with Crippen molar-refractivity contribution in [2.75, 3.05) is 12.0 Å². The number of imide groups is 1. The molecule has 0 spiro atoms. The van der Waals surface area contributed by atoms with E-state index in [0.717, 1.165) is 0 Å². The molecule has 100 valence electrons. The molecule has 0 aromatic heterocycles. The Bertz CT molecular complexity index is 529. The van der Waals surface area contributed by atoms with Crippen molar-refractivity contribution in [2.45, 2.75) is 20.3 Å². The maximum absolute atomic E-state index is 12.2. The van der Waals surface area contributed by atoms with Crippen LogP contribution < -0.4 is 9.64 Å². The van der Waals surface area contributed by atoms with E-state index in [0.29, 0.717) is 17.0 Å². The molecule has 19 heavy (non-hydrogen) atoms. The molecular weight excluding hydrogens is 242 g/mol. The number of carbonyl (C=O) groups is 2. The van der Waals surface area contributed by atoms with Gasteiger partial charge < -0.3 is 4.74 Å². The van der Waals surface area contributed by atoms with Gasteiger partial charge in [0.15, 0.2) is 0 Å².